The number of unbranched alkanes of at least 4 members (excludes halogenated alkanes) is 3. The number of phenolic OH excluding ortho intramolecular Hbond substituents is 3. The second kappa shape index (κ2) is 34.3. The minimum Gasteiger partial charge on any atom is -0.508 e. The van der Waals surface area contributed by atoms with Crippen LogP contribution in [-0.4, -0.2) is 192 Å². The maximum absolute atomic E-state index is 16.2. The molecular weight excluding hydrogens is 1460 g/mol. The van der Waals surface area contributed by atoms with Crippen LogP contribution in [0.5, 0.6) is 46.0 Å². The number of hydrogen-bond acceptors (Lipinski definition) is 25. The van der Waals surface area contributed by atoms with Crippen LogP contribution < -0.4 is 68.2 Å². The van der Waals surface area contributed by atoms with Crippen molar-refractivity contribution in [1.82, 2.24) is 42.5 Å². The molecule has 0 aromatic heterocycles. The summed E-state index contributed by atoms with van der Waals surface area (Å²) >= 11 is 14.2. The molecule has 12 rings (SSSR count). The summed E-state index contributed by atoms with van der Waals surface area (Å²) in [5.41, 5.74) is 8.62. The summed E-state index contributed by atoms with van der Waals surface area (Å²) in [4.78, 5) is 120. The van der Waals surface area contributed by atoms with Gasteiger partial charge in [0.05, 0.1) is 41.3 Å². The van der Waals surface area contributed by atoms with Crippen molar-refractivity contribution in [2.75, 3.05) is 20.2 Å². The Hall–Kier alpha value is -9.64. The number of aromatic hydroxyl groups is 3. The molecule has 21 N–H and O–H groups in total. The molecule has 7 aliphatic rings. The Kier molecular flexibility index (Phi) is 25.7. The molecule has 8 amide bonds. The predicted octanol–water partition coefficient (Wildman–Crippen LogP) is 1.33. The van der Waals surface area contributed by atoms with Gasteiger partial charge in [0.2, 0.25) is 59.3 Å². The first-order valence-electron chi connectivity index (χ1n) is 34.6. The predicted molar refractivity (Wildman–Crippen MR) is 382 cm³/mol. The summed E-state index contributed by atoms with van der Waals surface area (Å²) in [6.45, 7) is 5.70. The van der Waals surface area contributed by atoms with E-state index < -0.39 is 220 Å². The molecule has 0 spiro atoms. The average molecular weight is 1540 g/mol. The SMILES string of the molecule is C#CCCCCCNC(=O)[C@H]1NC(=O)[C@H]2NC(=O)[C@H](NC(=O)[C@@H]3NC(=O)[C@H](CC(N)=O)NC(=O)[C@H](NC(=O)[C@@H](CC(C)C)NC)[C@H](O)c4ccc(c(Cl)c4)Oc4cc3cc(c4O[C@@H]3O[C@H](CO)[C@@H](O)[C@H](O)[C@H]3O[C@H]3C[C@](C)(N)[C@H](O)[C@H](C)O3)Oc3ccc(cc3Cl)[C@H]2O)c2ccc(O)c(c2)-c2c(O)cc(O)cc21. The maximum atomic E-state index is 16.2. The molecule has 11 bridgehead atoms. The standard InChI is InChI=1S/C73H86Cl2N10O23/c1-7-8-9-10-11-18-79-67(98)55-38-25-36(87)26-44(89)52(38)37-20-32(12-15-43(37)88)53-68(99)85-57(71(102)83-55)59(92)34-14-17-46(40(75)22-34)105-48-24-35-23-47(62(48)108-72-63(61(94)60(93)49(29-86)106-72)107-51-28-73(5,77)64(95)31(4)103-51)104-45-16-13-33(21-39(45)74)58(91)56(84-65(96)41(78-6)19-30(2)3)70(101)80-42(27-50(76)90)66(97)81-54(35)69(100)82-53/h1,12-17,20-26,30-31,41-42,49,51,53-61,63-64,72,78,86-89,91-95H,8-11,18-19,27-29,77H2,2-6H3,(H2,76,90)(H,79,98)(H,80,101)(H,81,97)(H,82,100)(H,83,102)(H,84,96)(H,85,99)/t31-,41+,42-,49+,51-,53+,54+,55-,56+,57-,58+,59+,60+,61-,63+,64+,72-,73-/m0/s1. The van der Waals surface area contributed by atoms with Gasteiger partial charge in [0.1, 0.15) is 95.5 Å². The van der Waals surface area contributed by atoms with E-state index in [1.165, 1.54) is 39.1 Å². The number of primary amides is 1. The molecule has 33 nitrogen and oxygen atoms in total. The number of amides is 8. The second-order valence-electron chi connectivity index (χ2n) is 27.7. The van der Waals surface area contributed by atoms with Crippen LogP contribution in [-0.2, 0) is 52.6 Å². The van der Waals surface area contributed by atoms with Gasteiger partial charge in [0.15, 0.2) is 23.9 Å². The van der Waals surface area contributed by atoms with Gasteiger partial charge in [0.25, 0.3) is 0 Å². The summed E-state index contributed by atoms with van der Waals surface area (Å²) in [5.74, 6) is -12.0. The van der Waals surface area contributed by atoms with Gasteiger partial charge in [-0.3, -0.25) is 38.4 Å². The number of fused-ring (bicyclic) bond motifs is 15. The van der Waals surface area contributed by atoms with Gasteiger partial charge in [-0.15, -0.1) is 12.3 Å². The summed E-state index contributed by atoms with van der Waals surface area (Å²) in [6, 6.07) is 0.415. The molecule has 0 saturated carbocycles. The summed E-state index contributed by atoms with van der Waals surface area (Å²) in [6.07, 6.45) is -11.0. The molecule has 5 aromatic rings. The highest BCUT2D eigenvalue weighted by atomic mass is 35.5. The van der Waals surface area contributed by atoms with Gasteiger partial charge in [-0.2, -0.15) is 0 Å². The number of nitrogens with one attached hydrogen (secondary N) is 8. The smallest absolute Gasteiger partial charge is 0.248 e. The molecule has 0 aliphatic carbocycles. The molecule has 108 heavy (non-hydrogen) atoms. The topological polar surface area (TPSA) is 522 Å². The van der Waals surface area contributed by atoms with Crippen molar-refractivity contribution in [3.05, 3.63) is 117 Å². The van der Waals surface area contributed by atoms with E-state index in [4.69, 9.17) is 69.5 Å². The molecule has 580 valence electrons. The summed E-state index contributed by atoms with van der Waals surface area (Å²) in [7, 11) is 1.48. The van der Waals surface area contributed by atoms with Crippen LogP contribution in [0.15, 0.2) is 78.9 Å². The number of aliphatic hydroxyl groups is 6. The Morgan fingerprint density at radius 3 is 1.97 bits per heavy atom. The molecule has 18 atom stereocenters. The van der Waals surface area contributed by atoms with Crippen molar-refractivity contribution in [1.29, 1.82) is 0 Å². The first-order chi connectivity index (χ1) is 51.2. The van der Waals surface area contributed by atoms with Crippen molar-refractivity contribution >= 4 is 70.5 Å². The number of aliphatic hydroxyl groups excluding tert-OH is 6. The van der Waals surface area contributed by atoms with E-state index in [2.05, 4.69) is 48.5 Å². The molecule has 0 radical (unpaired) electrons. The monoisotopic (exact) mass is 1540 g/mol. The highest BCUT2D eigenvalue weighted by molar-refractivity contribution is 6.32. The van der Waals surface area contributed by atoms with Crippen molar-refractivity contribution < 1.29 is 113 Å². The molecule has 7 heterocycles. The zero-order chi connectivity index (χ0) is 78.5. The number of carbonyl (C=O) groups is 8. The van der Waals surface area contributed by atoms with Gasteiger partial charge in [-0.1, -0.05) is 61.7 Å². The van der Waals surface area contributed by atoms with Crippen LogP contribution in [0.1, 0.15) is 131 Å². The largest absolute Gasteiger partial charge is 0.508 e. The van der Waals surface area contributed by atoms with E-state index in [0.717, 1.165) is 60.7 Å². The molecular formula is C73H86Cl2N10O23. The van der Waals surface area contributed by atoms with E-state index >= 15 is 19.2 Å². The Morgan fingerprint density at radius 1 is 0.731 bits per heavy atom. The lowest BCUT2D eigenvalue weighted by Crippen LogP contribution is -2.64. The highest BCUT2D eigenvalue weighted by Crippen LogP contribution is 2.50. The zero-order valence-electron chi connectivity index (χ0n) is 59.0. The van der Waals surface area contributed by atoms with Gasteiger partial charge >= 0.3 is 0 Å². The van der Waals surface area contributed by atoms with Crippen molar-refractivity contribution in [3.63, 3.8) is 0 Å². The Labute approximate surface area is 628 Å². The third-order valence-electron chi connectivity index (χ3n) is 19.1. The lowest BCUT2D eigenvalue weighted by Gasteiger charge is -2.47. The normalized spacial score (nSPS) is 28.2. The Balaban J connectivity index is 1.22. The van der Waals surface area contributed by atoms with Crippen molar-refractivity contribution in [2.45, 2.75) is 182 Å². The van der Waals surface area contributed by atoms with E-state index in [1.807, 2.05) is 13.8 Å². The number of phenols is 3. The summed E-state index contributed by atoms with van der Waals surface area (Å²) in [5, 5.41) is 125. The van der Waals surface area contributed by atoms with E-state index in [-0.39, 0.29) is 69.6 Å². The van der Waals surface area contributed by atoms with Crippen LogP contribution in [0.3, 0.4) is 0 Å². The van der Waals surface area contributed by atoms with E-state index in [0.29, 0.717) is 25.7 Å². The number of ether oxygens (including phenoxy) is 6. The van der Waals surface area contributed by atoms with Crippen molar-refractivity contribution in [2.24, 2.45) is 17.4 Å². The van der Waals surface area contributed by atoms with Gasteiger partial charge in [0, 0.05) is 42.1 Å². The molecule has 0 unspecified atom stereocenters. The van der Waals surface area contributed by atoms with E-state index in [9.17, 15) is 65.1 Å². The maximum Gasteiger partial charge on any atom is 0.248 e. The van der Waals surface area contributed by atoms with Crippen molar-refractivity contribution in [3.8, 4) is 69.5 Å². The highest BCUT2D eigenvalue weighted by Gasteiger charge is 2.52. The minimum atomic E-state index is -2.34. The van der Waals surface area contributed by atoms with Crippen LogP contribution >= 0.6 is 23.2 Å². The third-order valence-corrected chi connectivity index (χ3v) is 19.7. The first-order valence-corrected chi connectivity index (χ1v) is 35.4. The Bertz CT molecular complexity index is 4300. The number of rotatable bonds is 18. The Morgan fingerprint density at radius 2 is 1.36 bits per heavy atom. The lowest BCUT2D eigenvalue weighted by molar-refractivity contribution is -0.333. The number of terminal acetylenes is 1. The molecule has 2 saturated heterocycles. The third kappa shape index (κ3) is 18.0. The average Bonchev–Trinajstić information content (AvgIpc) is 0.764. The number of carbonyl (C=O) groups excluding carboxylic acids is 8. The number of likely N-dealkylation sites (N-methyl/N-ethyl adjacent to an activating group) is 1. The summed E-state index contributed by atoms with van der Waals surface area (Å²) < 4.78 is 38.6. The van der Waals surface area contributed by atoms with Crippen LogP contribution in [0.25, 0.3) is 11.1 Å². The number of hydrogen-bond donors (Lipinski definition) is 19. The van der Waals surface area contributed by atoms with Crippen LogP contribution in [0.4, 0.5) is 0 Å². The van der Waals surface area contributed by atoms with E-state index in [1.54, 1.807) is 0 Å². The molecule has 7 aliphatic heterocycles. The molecule has 35 heteroatoms. The fourth-order valence-electron chi connectivity index (χ4n) is 13.3. The zero-order valence-corrected chi connectivity index (χ0v) is 60.5. The second-order valence-corrected chi connectivity index (χ2v) is 28.5. The van der Waals surface area contributed by atoms with Gasteiger partial charge in [-0.25, -0.2) is 0 Å². The van der Waals surface area contributed by atoms with Gasteiger partial charge < -0.3 is 128 Å². The molecule has 5 aromatic carbocycles. The van der Waals surface area contributed by atoms with Crippen LogP contribution in [0.2, 0.25) is 10.0 Å². The van der Waals surface area contributed by atoms with Gasteiger partial charge in [-0.05, 0) is 128 Å². The number of nitrogens with two attached hydrogens (primary N) is 2. The first kappa shape index (κ1) is 80.9. The van der Waals surface area contributed by atoms with Crippen LogP contribution in [0, 0.1) is 18.3 Å². The number of benzene rings is 5. The minimum absolute atomic E-state index is 0.00101. The lowest BCUT2D eigenvalue weighted by atomic mass is 9.86. The fourth-order valence-corrected chi connectivity index (χ4v) is 13.8. The number of halogens is 2. The quantitative estimate of drug-likeness (QED) is 0.0435. The molecule has 2 fully saturated rings. The fraction of sp³-hybridized carbons (Fsp3) is 0.452.